The summed E-state index contributed by atoms with van der Waals surface area (Å²) in [6.45, 7) is 1.57. The molecule has 53 heavy (non-hydrogen) atoms. The fourth-order valence-corrected chi connectivity index (χ4v) is 7.11. The van der Waals surface area contributed by atoms with E-state index in [1.807, 2.05) is 30.3 Å². The number of ether oxygens (including phenoxy) is 2. The smallest absolute Gasteiger partial charge is 0.306 e. The zero-order chi connectivity index (χ0) is 37.5. The number of aliphatic hydroxyl groups is 1. The van der Waals surface area contributed by atoms with Crippen LogP contribution in [0, 0.1) is 0 Å². The van der Waals surface area contributed by atoms with Crippen molar-refractivity contribution in [2.75, 3.05) is 25.5 Å². The number of carbonyl (C=O) groups excluding carboxylic acids is 2. The van der Waals surface area contributed by atoms with Gasteiger partial charge in [0.25, 0.3) is 5.91 Å². The number of fused-ring (bicyclic) bond motifs is 1. The number of hydrogen-bond acceptors (Lipinski definition) is 10. The van der Waals surface area contributed by atoms with E-state index in [-0.39, 0.29) is 60.3 Å². The number of carboxylic acid groups (broad SMARTS) is 1. The normalized spacial score (nSPS) is 16.9. The molecule has 1 saturated heterocycles. The molecule has 2 aliphatic rings. The molecule has 13 nitrogen and oxygen atoms in total. The summed E-state index contributed by atoms with van der Waals surface area (Å²) in [5.74, 6) is -0.498. The third kappa shape index (κ3) is 9.42. The molecule has 2 aromatic carbocycles. The second-order valence-corrected chi connectivity index (χ2v) is 13.7. The van der Waals surface area contributed by atoms with E-state index in [0.29, 0.717) is 59.9 Å². The summed E-state index contributed by atoms with van der Waals surface area (Å²) in [6, 6.07) is 16.7. The summed E-state index contributed by atoms with van der Waals surface area (Å²) in [4.78, 5) is 44.5. The Bertz CT molecular complexity index is 1980. The fraction of sp³-hybridized carbons (Fsp3) is 0.342. The number of methoxy groups -OCH3 is 1. The van der Waals surface area contributed by atoms with Crippen LogP contribution < -0.4 is 30.7 Å². The average molecular weight is 764 g/mol. The average Bonchev–Trinajstić information content (AvgIpc) is 3.75. The van der Waals surface area contributed by atoms with Gasteiger partial charge in [-0.05, 0) is 59.7 Å². The molecule has 0 saturated carbocycles. The topological polar surface area (TPSA) is 184 Å². The molecule has 3 heterocycles. The number of hydrogen-bond donors (Lipinski definition) is 6. The Balaban J connectivity index is 1.11. The van der Waals surface area contributed by atoms with Crippen molar-refractivity contribution in [2.24, 2.45) is 0 Å². The van der Waals surface area contributed by atoms with Crippen molar-refractivity contribution in [1.29, 1.82) is 0 Å². The molecule has 0 spiro atoms. The van der Waals surface area contributed by atoms with Gasteiger partial charge in [-0.2, -0.15) is 4.98 Å². The summed E-state index contributed by atoms with van der Waals surface area (Å²) in [6.07, 6.45) is 2.67. The van der Waals surface area contributed by atoms with Crippen LogP contribution >= 0.6 is 23.2 Å². The second-order valence-electron chi connectivity index (χ2n) is 13.0. The standard InChI is InChI=1S/C38H40Cl2N6O7/c1-52-37-22(18-42-20-24(47)15-34(49)50)14-30(39)38(46-37)53-31-11-10-26-25(4-2-5-27(26)31)28-6-3-7-29(35(28)40)36(51)45-32-12-8-21(17-43-32)16-41-19-23-9-13-33(48)44-23/h2-8,12,14,17,23-24,31,41-42,47H,9-11,13,15-16,18-20H2,1H3,(H,44,48)(H,49,50)(H,43,45,51)/t23-,24?,31-/m0/s1. The largest absolute Gasteiger partial charge is 0.481 e. The van der Waals surface area contributed by atoms with Crippen molar-refractivity contribution in [3.05, 3.63) is 98.7 Å². The molecule has 15 heteroatoms. The summed E-state index contributed by atoms with van der Waals surface area (Å²) < 4.78 is 11.8. The Hall–Kier alpha value is -4.79. The Labute approximate surface area is 316 Å². The van der Waals surface area contributed by atoms with E-state index in [9.17, 15) is 19.5 Å². The first-order chi connectivity index (χ1) is 25.6. The number of anilines is 1. The Morgan fingerprint density at radius 1 is 1.02 bits per heavy atom. The number of benzene rings is 2. The van der Waals surface area contributed by atoms with Gasteiger partial charge >= 0.3 is 5.97 Å². The van der Waals surface area contributed by atoms with Crippen LogP contribution in [-0.2, 0) is 29.1 Å². The third-order valence-electron chi connectivity index (χ3n) is 9.16. The molecule has 1 aliphatic carbocycles. The number of aliphatic carboxylic acids is 1. The molecule has 4 aromatic rings. The molecule has 0 radical (unpaired) electrons. The van der Waals surface area contributed by atoms with Crippen LogP contribution in [0.1, 0.15) is 64.4 Å². The van der Waals surface area contributed by atoms with Crippen molar-refractivity contribution in [1.82, 2.24) is 25.9 Å². The molecule has 1 aliphatic heterocycles. The maximum Gasteiger partial charge on any atom is 0.306 e. The van der Waals surface area contributed by atoms with Gasteiger partial charge in [0.15, 0.2) is 0 Å². The van der Waals surface area contributed by atoms with Crippen molar-refractivity contribution in [2.45, 2.75) is 63.4 Å². The van der Waals surface area contributed by atoms with Gasteiger partial charge in [0.2, 0.25) is 17.7 Å². The number of nitrogens with one attached hydrogen (secondary N) is 4. The van der Waals surface area contributed by atoms with Crippen LogP contribution in [0.2, 0.25) is 10.0 Å². The molecule has 3 atom stereocenters. The monoisotopic (exact) mass is 762 g/mol. The lowest BCUT2D eigenvalue weighted by atomic mass is 9.95. The van der Waals surface area contributed by atoms with Gasteiger partial charge in [0, 0.05) is 56.0 Å². The Kier molecular flexibility index (Phi) is 12.4. The molecular weight excluding hydrogens is 723 g/mol. The number of nitrogens with zero attached hydrogens (tertiary/aromatic N) is 2. The van der Waals surface area contributed by atoms with Crippen LogP contribution in [0.4, 0.5) is 5.82 Å². The van der Waals surface area contributed by atoms with Crippen LogP contribution in [-0.4, -0.2) is 70.3 Å². The second kappa shape index (κ2) is 17.4. The minimum absolute atomic E-state index is 0.0681. The maximum absolute atomic E-state index is 13.4. The number of rotatable bonds is 16. The fourth-order valence-electron chi connectivity index (χ4n) is 6.58. The van der Waals surface area contributed by atoms with Gasteiger partial charge in [0.05, 0.1) is 30.2 Å². The van der Waals surface area contributed by atoms with E-state index in [1.165, 1.54) is 7.11 Å². The highest BCUT2D eigenvalue weighted by Crippen LogP contribution is 2.43. The predicted molar refractivity (Wildman–Crippen MR) is 199 cm³/mol. The first-order valence-electron chi connectivity index (χ1n) is 17.3. The summed E-state index contributed by atoms with van der Waals surface area (Å²) in [5, 5.41) is 31.4. The maximum atomic E-state index is 13.4. The molecule has 1 unspecified atom stereocenters. The van der Waals surface area contributed by atoms with E-state index in [0.717, 1.165) is 28.7 Å². The first-order valence-corrected chi connectivity index (χ1v) is 18.0. The van der Waals surface area contributed by atoms with E-state index in [2.05, 4.69) is 31.2 Å². The number of pyridine rings is 2. The van der Waals surface area contributed by atoms with Crippen molar-refractivity contribution >= 4 is 46.8 Å². The lowest BCUT2D eigenvalue weighted by Gasteiger charge is -2.18. The van der Waals surface area contributed by atoms with Gasteiger partial charge in [0.1, 0.15) is 16.9 Å². The highest BCUT2D eigenvalue weighted by Gasteiger charge is 2.29. The number of amides is 2. The summed E-state index contributed by atoms with van der Waals surface area (Å²) in [7, 11) is 1.48. The number of aromatic nitrogens is 2. The minimum Gasteiger partial charge on any atom is -0.481 e. The van der Waals surface area contributed by atoms with Gasteiger partial charge in [-0.25, -0.2) is 4.98 Å². The zero-order valence-electron chi connectivity index (χ0n) is 29.0. The predicted octanol–water partition coefficient (Wildman–Crippen LogP) is 5.07. The minimum atomic E-state index is -1.09. The molecule has 6 N–H and O–H groups in total. The molecule has 1 fully saturated rings. The number of carbonyl (C=O) groups is 3. The lowest BCUT2D eigenvalue weighted by Crippen LogP contribution is -2.35. The van der Waals surface area contributed by atoms with Crippen LogP contribution in [0.5, 0.6) is 11.8 Å². The van der Waals surface area contributed by atoms with E-state index >= 15 is 0 Å². The highest BCUT2D eigenvalue weighted by molar-refractivity contribution is 6.37. The lowest BCUT2D eigenvalue weighted by molar-refractivity contribution is -0.139. The number of carboxylic acids is 1. The van der Waals surface area contributed by atoms with E-state index < -0.39 is 12.1 Å². The number of halogens is 2. The van der Waals surface area contributed by atoms with Gasteiger partial charge in [-0.15, -0.1) is 0 Å². The Morgan fingerprint density at radius 3 is 2.57 bits per heavy atom. The molecular formula is C38H40Cl2N6O7. The first kappa shape index (κ1) is 38.0. The molecule has 0 bridgehead atoms. The molecule has 2 amide bonds. The summed E-state index contributed by atoms with van der Waals surface area (Å²) in [5.41, 5.74) is 5.48. The zero-order valence-corrected chi connectivity index (χ0v) is 30.5. The van der Waals surface area contributed by atoms with Crippen molar-refractivity contribution in [3.63, 3.8) is 0 Å². The Morgan fingerprint density at radius 2 is 1.83 bits per heavy atom. The molecule has 6 rings (SSSR count). The van der Waals surface area contributed by atoms with E-state index in [1.54, 1.807) is 30.5 Å². The van der Waals surface area contributed by atoms with Gasteiger partial charge in [-0.3, -0.25) is 14.4 Å². The van der Waals surface area contributed by atoms with Gasteiger partial charge in [-0.1, -0.05) is 59.6 Å². The van der Waals surface area contributed by atoms with Crippen LogP contribution in [0.3, 0.4) is 0 Å². The van der Waals surface area contributed by atoms with Crippen LogP contribution in [0.15, 0.2) is 60.8 Å². The van der Waals surface area contributed by atoms with Gasteiger partial charge < -0.3 is 41.0 Å². The van der Waals surface area contributed by atoms with E-state index in [4.69, 9.17) is 37.8 Å². The summed E-state index contributed by atoms with van der Waals surface area (Å²) >= 11 is 13.5. The third-order valence-corrected chi connectivity index (χ3v) is 9.83. The van der Waals surface area contributed by atoms with Crippen molar-refractivity contribution < 1.29 is 34.1 Å². The number of aliphatic hydroxyl groups excluding tert-OH is 1. The van der Waals surface area contributed by atoms with Crippen LogP contribution in [0.25, 0.3) is 11.1 Å². The molecule has 278 valence electrons. The highest BCUT2D eigenvalue weighted by atomic mass is 35.5. The quantitative estimate of drug-likeness (QED) is 0.0896. The molecule has 2 aromatic heterocycles. The van der Waals surface area contributed by atoms with Crippen molar-refractivity contribution in [3.8, 4) is 22.9 Å². The SMILES string of the molecule is COc1nc(O[C@H]2CCc3c(-c4cccc(C(=O)Nc5ccc(CNC[C@@H]6CCC(=O)N6)cn5)c4Cl)cccc32)c(Cl)cc1CNCC(O)CC(=O)O.